The number of halogens is 6. The first-order valence-electron chi connectivity index (χ1n) is 41.3. The summed E-state index contributed by atoms with van der Waals surface area (Å²) in [6.45, 7) is 15.3. The molecule has 3 aliphatic carbocycles. The molecule has 3 saturated carbocycles. The maximum Gasteiger partial charge on any atom is 0.217 e. The lowest BCUT2D eigenvalue weighted by Gasteiger charge is -2.57. The Hall–Kier alpha value is -8.08. The van der Waals surface area contributed by atoms with Crippen LogP contribution in [-0.2, 0) is 86.9 Å². The molecule has 20 nitrogen and oxygen atoms in total. The van der Waals surface area contributed by atoms with Crippen LogP contribution >= 0.6 is 0 Å². The monoisotopic (exact) mass is 1790 g/mol. The molecule has 0 aromatic heterocycles. The normalized spacial score (nSPS) is 28.1. The summed E-state index contributed by atoms with van der Waals surface area (Å²) in [5, 5.41) is -1.45. The second kappa shape index (κ2) is 36.6. The van der Waals surface area contributed by atoms with Gasteiger partial charge in [-0.05, 0) is 197 Å². The Balaban J connectivity index is 0.000000162. The third kappa shape index (κ3) is 15.9. The van der Waals surface area contributed by atoms with Crippen molar-refractivity contribution in [3.05, 3.63) is 239 Å². The van der Waals surface area contributed by atoms with E-state index in [1.807, 2.05) is 53.7 Å². The largest absolute Gasteiger partial charge is 0.497 e. The highest BCUT2D eigenvalue weighted by Crippen LogP contribution is 2.64. The molecular formula is C89H105F6N3O17S6. The van der Waals surface area contributed by atoms with Gasteiger partial charge in [-0.1, -0.05) is 134 Å². The van der Waals surface area contributed by atoms with Gasteiger partial charge in [0.15, 0.2) is 64.2 Å². The van der Waals surface area contributed by atoms with Crippen LogP contribution in [0.1, 0.15) is 154 Å². The fraction of sp³-hybridized carbons (Fsp3) is 0.461. The molecule has 1 N–H and O–H groups in total. The number of nitrogens with one attached hydrogen (secondary N) is 1. The highest BCUT2D eigenvalue weighted by molar-refractivity contribution is 7.93. The maximum atomic E-state index is 15.8. The van der Waals surface area contributed by atoms with E-state index >= 15 is 17.6 Å². The van der Waals surface area contributed by atoms with E-state index in [0.29, 0.717) is 24.3 Å². The van der Waals surface area contributed by atoms with Crippen molar-refractivity contribution in [1.82, 2.24) is 13.3 Å². The second-order valence-corrected chi connectivity index (χ2v) is 43.9. The number of hydrogen-bond acceptors (Lipinski definition) is 17. The van der Waals surface area contributed by atoms with Crippen molar-refractivity contribution in [2.75, 3.05) is 39.8 Å². The van der Waals surface area contributed by atoms with E-state index in [2.05, 4.69) is 4.72 Å². The van der Waals surface area contributed by atoms with Gasteiger partial charge in [0.25, 0.3) is 0 Å². The zero-order valence-electron chi connectivity index (χ0n) is 69.2. The minimum atomic E-state index is -4.29. The highest BCUT2D eigenvalue weighted by Gasteiger charge is 2.69. The van der Waals surface area contributed by atoms with Crippen molar-refractivity contribution in [3.8, 4) is 28.7 Å². The van der Waals surface area contributed by atoms with Crippen molar-refractivity contribution >= 4 is 59.6 Å². The van der Waals surface area contributed by atoms with Crippen LogP contribution in [-0.4, -0.2) is 128 Å². The van der Waals surface area contributed by atoms with Gasteiger partial charge in [-0.25, -0.2) is 81.6 Å². The summed E-state index contributed by atoms with van der Waals surface area (Å²) in [4.78, 5) is 0.0393. The van der Waals surface area contributed by atoms with E-state index < -0.39 is 173 Å². The lowest BCUT2D eigenvalue weighted by molar-refractivity contribution is 0.0146. The predicted octanol–water partition coefficient (Wildman–Crippen LogP) is 16.7. The lowest BCUT2D eigenvalue weighted by Crippen LogP contribution is -2.64. The van der Waals surface area contributed by atoms with E-state index in [-0.39, 0.29) is 145 Å². The molecule has 0 bridgehead atoms. The number of methoxy groups -OCH3 is 2. The first kappa shape index (κ1) is 92.1. The Bertz CT molecular complexity index is 5760. The Morgan fingerprint density at radius 1 is 0.413 bits per heavy atom. The average molecular weight is 1800 g/mol. The maximum absolute atomic E-state index is 15.8. The molecule has 6 fully saturated rings. The number of benzene rings is 8. The fourth-order valence-electron chi connectivity index (χ4n) is 20.5. The van der Waals surface area contributed by atoms with E-state index in [9.17, 15) is 59.3 Å². The zero-order valence-corrected chi connectivity index (χ0v) is 74.1. The molecule has 121 heavy (non-hydrogen) atoms. The smallest absolute Gasteiger partial charge is 0.217 e. The summed E-state index contributed by atoms with van der Waals surface area (Å²) in [5.74, 6) is -8.71. The molecule has 8 aromatic carbocycles. The molecular weight excluding hydrogens is 1690 g/mol. The SMILES string of the molecule is CC.CC.CC.CC[C@@H]1C[C@@H]2[C@@H](CC[C@@]3(S(=O)(=O)c4ccccc4)c4c(F)ccc(F)c4OC[C@@H]23)N(Cc2ccc(OC)cc2)S1(=O)=O.CC[C@@H]1C[C@@H]2[C@@H](CC[C@@]3(S(=O)(=O)c4ccccc4)c4c(F)ccc(F)c4OC[C@@H]23)NS1(=O)=O.COc1ccc(CN2[C@@H]3CC[C@@]4(S(=O)(=O)c5ccccc5)c5c(F)ccc(F)c5OC[C@H]4[C@@H]3CCS2(=O)=O)cc1. The molecule has 0 unspecified atom stereocenters. The van der Waals surface area contributed by atoms with Gasteiger partial charge in [0.1, 0.15) is 43.2 Å². The first-order valence-corrected chi connectivity index (χ1v) is 50.4. The van der Waals surface area contributed by atoms with Crippen molar-refractivity contribution in [1.29, 1.82) is 0 Å². The van der Waals surface area contributed by atoms with Crippen LogP contribution in [0.25, 0.3) is 0 Å². The van der Waals surface area contributed by atoms with Gasteiger partial charge in [-0.15, -0.1) is 0 Å². The molecule has 14 atom stereocenters. The topological polar surface area (TPSA) is 269 Å². The van der Waals surface area contributed by atoms with E-state index in [0.717, 1.165) is 47.5 Å². The number of ether oxygens (including phenoxy) is 5. The van der Waals surface area contributed by atoms with Crippen LogP contribution in [0, 0.1) is 70.4 Å². The average Bonchev–Trinajstić information content (AvgIpc) is 0.695. The number of fused-ring (bicyclic) bond motifs is 15. The number of hydrogen-bond donors (Lipinski definition) is 1. The minimum absolute atomic E-state index is 0.00785. The quantitative estimate of drug-likeness (QED) is 0.0991. The Kier molecular flexibility index (Phi) is 27.9. The molecule has 0 amide bonds. The molecule has 3 saturated heterocycles. The molecule has 8 aromatic rings. The Labute approximate surface area is 708 Å². The Morgan fingerprint density at radius 3 is 1.12 bits per heavy atom. The first-order chi connectivity index (χ1) is 57.8. The van der Waals surface area contributed by atoms with Crippen LogP contribution in [0.15, 0.2) is 191 Å². The van der Waals surface area contributed by atoms with E-state index in [1.54, 1.807) is 119 Å². The van der Waals surface area contributed by atoms with Crippen molar-refractivity contribution in [2.45, 2.75) is 197 Å². The summed E-state index contributed by atoms with van der Waals surface area (Å²) in [7, 11) is -20.6. The third-order valence-electron chi connectivity index (χ3n) is 25.9. The number of sulfonamides is 3. The number of nitrogens with zero attached hydrogens (tertiary/aromatic N) is 2. The van der Waals surface area contributed by atoms with Crippen LogP contribution in [0.5, 0.6) is 28.7 Å². The molecule has 6 aliphatic heterocycles. The van der Waals surface area contributed by atoms with Crippen LogP contribution in [0.3, 0.4) is 0 Å². The Morgan fingerprint density at radius 2 is 0.744 bits per heavy atom. The molecule has 32 heteroatoms. The zero-order chi connectivity index (χ0) is 87.7. The molecule has 656 valence electrons. The van der Waals surface area contributed by atoms with Gasteiger partial charge in [-0.2, -0.15) is 8.61 Å². The van der Waals surface area contributed by atoms with E-state index in [1.165, 1.54) is 45.0 Å². The molecule has 0 radical (unpaired) electrons. The van der Waals surface area contributed by atoms with Crippen molar-refractivity contribution < 1.29 is 101 Å². The molecule has 6 heterocycles. The van der Waals surface area contributed by atoms with Crippen LogP contribution in [0.4, 0.5) is 26.3 Å². The van der Waals surface area contributed by atoms with Crippen LogP contribution in [0.2, 0.25) is 0 Å². The second-order valence-electron chi connectivity index (χ2n) is 31.1. The highest BCUT2D eigenvalue weighted by atomic mass is 32.2. The van der Waals surface area contributed by atoms with Crippen molar-refractivity contribution in [2.24, 2.45) is 35.5 Å². The summed E-state index contributed by atoms with van der Waals surface area (Å²) in [6, 6.07) is 41.8. The molecule has 0 spiro atoms. The van der Waals surface area contributed by atoms with Gasteiger partial charge in [-0.3, -0.25) is 0 Å². The van der Waals surface area contributed by atoms with Gasteiger partial charge >= 0.3 is 0 Å². The lowest BCUT2D eigenvalue weighted by atomic mass is 9.64. The van der Waals surface area contributed by atoms with Gasteiger partial charge in [0.2, 0.25) is 30.1 Å². The summed E-state index contributed by atoms with van der Waals surface area (Å²) >= 11 is 0. The fourth-order valence-corrected chi connectivity index (χ4v) is 33.6. The number of sulfone groups is 3. The van der Waals surface area contributed by atoms with Gasteiger partial charge < -0.3 is 23.7 Å². The summed E-state index contributed by atoms with van der Waals surface area (Å²) < 4.78 is 286. The summed E-state index contributed by atoms with van der Waals surface area (Å²) in [5.41, 5.74) is 0.673. The molecule has 17 rings (SSSR count). The minimum Gasteiger partial charge on any atom is -0.497 e. The van der Waals surface area contributed by atoms with Crippen LogP contribution < -0.4 is 28.4 Å². The predicted molar refractivity (Wildman–Crippen MR) is 449 cm³/mol. The number of rotatable bonds is 14. The third-order valence-corrected chi connectivity index (χ3v) is 39.9. The molecule has 9 aliphatic rings. The van der Waals surface area contributed by atoms with Crippen molar-refractivity contribution in [3.63, 3.8) is 0 Å². The van der Waals surface area contributed by atoms with Gasteiger partial charge in [0.05, 0.1) is 81.7 Å². The van der Waals surface area contributed by atoms with E-state index in [4.69, 9.17) is 23.7 Å². The summed E-state index contributed by atoms with van der Waals surface area (Å²) in [6.07, 6.45) is 1.63. The standard InChI is InChI=1S/C31H33F2NO6S2.C29H29F2NO6S2.C23H25F2NO5S2.3C2H6/c1-3-22-17-24-25-19-40-30-27(33)14-13-26(32)29(30)31(25,41(35,36)23-7-5-4-6-8-23)16-15-28(24)34(42(22,37)38)18-20-9-11-21(39-2)12-10-20;1-37-20-9-7-19(8-10-20)17-32-26-13-15-29(40(35,36)21-5-3-2-4-6-21)23(22(26)14-16-39(32,33)34)18-38-28-25(31)12-11-24(30)27(28)29;1-2-14-12-16-17-13-31-22-19(25)9-8-18(24)21(22)23(17,11-10-20(16)26-33(14,29)30)32(27,28)15-6-4-3-5-7-15;3*1-2/h4-14,22,24-25,28H,3,15-19H2,1-2H3;2-12,22-23,26H,13-18H2,1H3;3-9,14,16-17,20,26H,2,10-13H2,1H3;3*1-2H3/t22-,24+,25+,28-,31+;22-,23-,26+,29-;14-,16+,17+,20-,23+;;;/m101.../s1. The van der Waals surface area contributed by atoms with Gasteiger partial charge in [0, 0.05) is 49.0 Å².